The molecule has 4 heterocycles. The van der Waals surface area contributed by atoms with Crippen LogP contribution in [0.25, 0.3) is 22.3 Å². The van der Waals surface area contributed by atoms with E-state index in [0.717, 1.165) is 24.2 Å². The number of carbonyl (C=O) groups excluding carboxylic acids is 1. The topological polar surface area (TPSA) is 118 Å². The Balaban J connectivity index is 1.38. The maximum atomic E-state index is 11.5. The highest BCUT2D eigenvalue weighted by Crippen LogP contribution is 2.29. The molecule has 3 aromatic heterocycles. The molecule has 5 rings (SSSR count). The van der Waals surface area contributed by atoms with Gasteiger partial charge in [-0.3, -0.25) is 4.79 Å². The number of rotatable bonds is 6. The van der Waals surface area contributed by atoms with E-state index in [9.17, 15) is 4.79 Å². The zero-order chi connectivity index (χ0) is 22.6. The van der Waals surface area contributed by atoms with Gasteiger partial charge in [-0.15, -0.1) is 0 Å². The minimum atomic E-state index is -0.299. The van der Waals surface area contributed by atoms with Gasteiger partial charge in [0.2, 0.25) is 17.7 Å². The summed E-state index contributed by atoms with van der Waals surface area (Å²) in [6.45, 7) is 6.35. The van der Waals surface area contributed by atoms with Crippen molar-refractivity contribution in [3.63, 3.8) is 0 Å². The van der Waals surface area contributed by atoms with E-state index in [1.165, 1.54) is 12.3 Å². The molecule has 1 aromatic carbocycles. The number of amides is 1. The number of nitrogens with zero attached hydrogens (tertiary/aromatic N) is 5. The molecule has 10 heteroatoms. The molecule has 1 aliphatic heterocycles. The van der Waals surface area contributed by atoms with Gasteiger partial charge in [-0.1, -0.05) is 12.6 Å². The summed E-state index contributed by atoms with van der Waals surface area (Å²) < 4.78 is 11.3. The van der Waals surface area contributed by atoms with Crippen LogP contribution in [0.4, 0.5) is 11.6 Å². The van der Waals surface area contributed by atoms with Crippen molar-refractivity contribution in [2.24, 2.45) is 0 Å². The summed E-state index contributed by atoms with van der Waals surface area (Å²) in [5, 5.41) is 2.70. The summed E-state index contributed by atoms with van der Waals surface area (Å²) in [5.74, 6) is 1.22. The summed E-state index contributed by atoms with van der Waals surface area (Å²) in [4.78, 5) is 34.8. The van der Waals surface area contributed by atoms with Crippen LogP contribution in [0.5, 0.6) is 11.6 Å². The number of ether oxygens (including phenoxy) is 2. The Bertz CT molecular complexity index is 1300. The van der Waals surface area contributed by atoms with E-state index in [1.807, 2.05) is 6.20 Å². The molecule has 1 aliphatic rings. The Hall–Kier alpha value is -4.31. The number of morpholine rings is 1. The van der Waals surface area contributed by atoms with Gasteiger partial charge in [-0.25, -0.2) is 19.9 Å². The number of nitrogens with one attached hydrogen (secondary N) is 2. The number of carbonyl (C=O) groups is 1. The van der Waals surface area contributed by atoms with Crippen molar-refractivity contribution in [2.75, 3.05) is 36.5 Å². The first-order valence-electron chi connectivity index (χ1n) is 10.4. The summed E-state index contributed by atoms with van der Waals surface area (Å²) in [5.41, 5.74) is 3.50. The van der Waals surface area contributed by atoms with Crippen LogP contribution in [0.15, 0.2) is 61.7 Å². The number of anilines is 2. The van der Waals surface area contributed by atoms with Gasteiger partial charge in [0, 0.05) is 54.6 Å². The maximum Gasteiger partial charge on any atom is 0.247 e. The largest absolute Gasteiger partial charge is 0.437 e. The molecule has 10 nitrogen and oxygen atoms in total. The van der Waals surface area contributed by atoms with E-state index in [4.69, 9.17) is 9.47 Å². The van der Waals surface area contributed by atoms with Crippen LogP contribution in [0, 0.1) is 0 Å². The Morgan fingerprint density at radius 1 is 1.18 bits per heavy atom. The molecule has 0 atom stereocenters. The Kier molecular flexibility index (Phi) is 5.64. The second-order valence-electron chi connectivity index (χ2n) is 7.30. The number of aromatic nitrogens is 5. The first-order valence-corrected chi connectivity index (χ1v) is 10.4. The van der Waals surface area contributed by atoms with E-state index >= 15 is 0 Å². The fourth-order valence-corrected chi connectivity index (χ4v) is 3.48. The highest BCUT2D eigenvalue weighted by molar-refractivity contribution is 5.99. The zero-order valence-corrected chi connectivity index (χ0v) is 17.7. The first kappa shape index (κ1) is 20.6. The highest BCUT2D eigenvalue weighted by atomic mass is 16.5. The molecule has 0 radical (unpaired) electrons. The third-order valence-corrected chi connectivity index (χ3v) is 5.11. The lowest BCUT2D eigenvalue weighted by Crippen LogP contribution is -2.37. The average molecular weight is 443 g/mol. The predicted molar refractivity (Wildman–Crippen MR) is 123 cm³/mol. The van der Waals surface area contributed by atoms with Crippen LogP contribution >= 0.6 is 0 Å². The lowest BCUT2D eigenvalue weighted by atomic mass is 10.2. The summed E-state index contributed by atoms with van der Waals surface area (Å²) in [6, 6.07) is 7.00. The summed E-state index contributed by atoms with van der Waals surface area (Å²) >= 11 is 0. The minimum absolute atomic E-state index is 0.299. The molecule has 166 valence electrons. The second-order valence-corrected chi connectivity index (χ2v) is 7.30. The molecule has 33 heavy (non-hydrogen) atoms. The van der Waals surface area contributed by atoms with Crippen molar-refractivity contribution in [1.29, 1.82) is 0 Å². The number of benzene rings is 1. The standard InChI is InChI=1S/C23H21N7O3/c1-2-19(31)28-16-4-3-5-17(10-16)33-20-14-25-22-21(29-20)18(13-24-22)15-11-26-23(27-12-15)30-6-8-32-9-7-30/h2-5,10-14H,1,6-9H2,(H,24,25)(H,28,31). The zero-order valence-electron chi connectivity index (χ0n) is 17.7. The van der Waals surface area contributed by atoms with Crippen molar-refractivity contribution in [1.82, 2.24) is 24.9 Å². The average Bonchev–Trinajstić information content (AvgIpc) is 3.28. The highest BCUT2D eigenvalue weighted by Gasteiger charge is 2.16. The van der Waals surface area contributed by atoms with Gasteiger partial charge in [0.05, 0.1) is 19.4 Å². The summed E-state index contributed by atoms with van der Waals surface area (Å²) in [7, 11) is 0. The third kappa shape index (κ3) is 4.51. The van der Waals surface area contributed by atoms with E-state index < -0.39 is 0 Å². The lowest BCUT2D eigenvalue weighted by Gasteiger charge is -2.26. The molecule has 1 amide bonds. The molecule has 1 fully saturated rings. The van der Waals surface area contributed by atoms with Crippen molar-refractivity contribution in [2.45, 2.75) is 0 Å². The molecular weight excluding hydrogens is 422 g/mol. The molecular formula is C23H21N7O3. The minimum Gasteiger partial charge on any atom is -0.437 e. The number of H-pyrrole nitrogens is 1. The first-order chi connectivity index (χ1) is 16.2. The van der Waals surface area contributed by atoms with Crippen LogP contribution in [0.1, 0.15) is 0 Å². The third-order valence-electron chi connectivity index (χ3n) is 5.11. The fourth-order valence-electron chi connectivity index (χ4n) is 3.48. The normalized spacial score (nSPS) is 13.6. The molecule has 0 spiro atoms. The van der Waals surface area contributed by atoms with E-state index in [0.29, 0.717) is 47.6 Å². The quantitative estimate of drug-likeness (QED) is 0.436. The molecule has 2 N–H and O–H groups in total. The molecule has 0 aliphatic carbocycles. The number of hydrogen-bond acceptors (Lipinski definition) is 8. The van der Waals surface area contributed by atoms with Gasteiger partial charge in [0.25, 0.3) is 0 Å². The van der Waals surface area contributed by atoms with Crippen LogP contribution < -0.4 is 15.0 Å². The van der Waals surface area contributed by atoms with Gasteiger partial charge >= 0.3 is 0 Å². The molecule has 1 saturated heterocycles. The Labute approximate surface area is 189 Å². The maximum absolute atomic E-state index is 11.5. The van der Waals surface area contributed by atoms with Gasteiger partial charge in [0.15, 0.2) is 5.65 Å². The number of aromatic amines is 1. The van der Waals surface area contributed by atoms with E-state index in [1.54, 1.807) is 36.7 Å². The van der Waals surface area contributed by atoms with E-state index in [-0.39, 0.29) is 5.91 Å². The van der Waals surface area contributed by atoms with Gasteiger partial charge in [0.1, 0.15) is 11.3 Å². The van der Waals surface area contributed by atoms with Gasteiger partial charge in [-0.2, -0.15) is 0 Å². The SMILES string of the molecule is C=CC(=O)Nc1cccc(Oc2cnc3[nH]cc(-c4cnc(N5CCOCC5)nc4)c3n2)c1. The molecule has 0 bridgehead atoms. The second kappa shape index (κ2) is 9.05. The lowest BCUT2D eigenvalue weighted by molar-refractivity contribution is -0.111. The van der Waals surface area contributed by atoms with Crippen molar-refractivity contribution in [3.8, 4) is 22.8 Å². The number of fused-ring (bicyclic) bond motifs is 1. The van der Waals surface area contributed by atoms with E-state index in [2.05, 4.69) is 41.7 Å². The Morgan fingerprint density at radius 2 is 2.00 bits per heavy atom. The predicted octanol–water partition coefficient (Wildman–Crippen LogP) is 3.17. The molecule has 0 unspecified atom stereocenters. The monoisotopic (exact) mass is 443 g/mol. The molecule has 0 saturated carbocycles. The van der Waals surface area contributed by atoms with Crippen LogP contribution in [0.2, 0.25) is 0 Å². The number of hydrogen-bond donors (Lipinski definition) is 2. The van der Waals surface area contributed by atoms with Gasteiger partial charge in [-0.05, 0) is 18.2 Å². The van der Waals surface area contributed by atoms with Crippen LogP contribution in [0.3, 0.4) is 0 Å². The van der Waals surface area contributed by atoms with Crippen molar-refractivity contribution < 1.29 is 14.3 Å². The van der Waals surface area contributed by atoms with Crippen LogP contribution in [-0.2, 0) is 9.53 Å². The molecule has 4 aromatic rings. The van der Waals surface area contributed by atoms with Crippen molar-refractivity contribution in [3.05, 3.63) is 61.7 Å². The van der Waals surface area contributed by atoms with Crippen molar-refractivity contribution >= 4 is 28.7 Å². The fraction of sp³-hybridized carbons (Fsp3) is 0.174. The smallest absolute Gasteiger partial charge is 0.247 e. The Morgan fingerprint density at radius 3 is 2.79 bits per heavy atom. The van der Waals surface area contributed by atoms with Gasteiger partial charge < -0.3 is 24.7 Å². The summed E-state index contributed by atoms with van der Waals surface area (Å²) in [6.07, 6.45) is 8.13. The van der Waals surface area contributed by atoms with Crippen LogP contribution in [-0.4, -0.2) is 57.1 Å².